The van der Waals surface area contributed by atoms with Gasteiger partial charge in [0, 0.05) is 19.1 Å². The van der Waals surface area contributed by atoms with Gasteiger partial charge in [-0.1, -0.05) is 12.1 Å². The highest BCUT2D eigenvalue weighted by molar-refractivity contribution is 5.74. The third-order valence-electron chi connectivity index (χ3n) is 4.64. The maximum Gasteiger partial charge on any atom is 0.298 e. The summed E-state index contributed by atoms with van der Waals surface area (Å²) in [5, 5.41) is 0. The second kappa shape index (κ2) is 4.23. The number of hydrogen-bond donors (Lipinski definition) is 1. The van der Waals surface area contributed by atoms with Gasteiger partial charge in [0.25, 0.3) is 6.01 Å². The van der Waals surface area contributed by atoms with Crippen molar-refractivity contribution in [3.05, 3.63) is 24.3 Å². The van der Waals surface area contributed by atoms with Crippen LogP contribution in [0.1, 0.15) is 19.3 Å². The van der Waals surface area contributed by atoms with Crippen molar-refractivity contribution in [1.82, 2.24) is 4.98 Å². The Morgan fingerprint density at radius 2 is 2.00 bits per heavy atom. The molecule has 2 aromatic rings. The maximum atomic E-state index is 6.08. The first-order valence-electron chi connectivity index (χ1n) is 7.16. The number of hydrogen-bond acceptors (Lipinski definition) is 4. The molecule has 4 rings (SSSR count). The molecular weight excluding hydrogens is 238 g/mol. The van der Waals surface area contributed by atoms with Gasteiger partial charge in [-0.2, -0.15) is 4.98 Å². The number of para-hydroxylation sites is 2. The first-order valence-corrected chi connectivity index (χ1v) is 7.16. The van der Waals surface area contributed by atoms with E-state index >= 15 is 0 Å². The van der Waals surface area contributed by atoms with Crippen molar-refractivity contribution in [2.24, 2.45) is 17.6 Å². The van der Waals surface area contributed by atoms with E-state index in [2.05, 4.69) is 9.88 Å². The summed E-state index contributed by atoms with van der Waals surface area (Å²) < 4.78 is 5.87. The van der Waals surface area contributed by atoms with Crippen LogP contribution < -0.4 is 10.6 Å². The smallest absolute Gasteiger partial charge is 0.298 e. The summed E-state index contributed by atoms with van der Waals surface area (Å²) in [5.41, 5.74) is 7.91. The van der Waals surface area contributed by atoms with Gasteiger partial charge in [0.2, 0.25) is 0 Å². The van der Waals surface area contributed by atoms with E-state index < -0.39 is 0 Å². The molecule has 4 nitrogen and oxygen atoms in total. The monoisotopic (exact) mass is 257 g/mol. The van der Waals surface area contributed by atoms with Crippen molar-refractivity contribution >= 4 is 17.1 Å². The summed E-state index contributed by atoms with van der Waals surface area (Å²) in [6.45, 7) is 2.12. The van der Waals surface area contributed by atoms with E-state index in [4.69, 9.17) is 10.2 Å². The molecule has 1 aromatic heterocycles. The van der Waals surface area contributed by atoms with Crippen molar-refractivity contribution in [3.8, 4) is 0 Å². The molecule has 2 aliphatic rings. The lowest BCUT2D eigenvalue weighted by Gasteiger charge is -2.27. The molecule has 2 heterocycles. The molecular formula is C15H19N3O. The third-order valence-corrected chi connectivity index (χ3v) is 4.64. The largest absolute Gasteiger partial charge is 0.423 e. The molecule has 2 N–H and O–H groups in total. The zero-order valence-electron chi connectivity index (χ0n) is 11.0. The van der Waals surface area contributed by atoms with Crippen LogP contribution in [0, 0.1) is 11.8 Å². The first-order chi connectivity index (χ1) is 9.29. The number of anilines is 1. The fourth-order valence-corrected chi connectivity index (χ4v) is 3.62. The van der Waals surface area contributed by atoms with Gasteiger partial charge >= 0.3 is 0 Å². The molecule has 1 aliphatic carbocycles. The van der Waals surface area contributed by atoms with E-state index in [1.807, 2.05) is 24.3 Å². The van der Waals surface area contributed by atoms with E-state index in [1.165, 1.54) is 12.8 Å². The molecule has 19 heavy (non-hydrogen) atoms. The van der Waals surface area contributed by atoms with Gasteiger partial charge in [0.15, 0.2) is 5.58 Å². The maximum absolute atomic E-state index is 6.08. The Hall–Kier alpha value is -1.55. The van der Waals surface area contributed by atoms with Crippen molar-refractivity contribution in [2.45, 2.75) is 25.3 Å². The summed E-state index contributed by atoms with van der Waals surface area (Å²) in [6.07, 6.45) is 3.58. The molecule has 100 valence electrons. The van der Waals surface area contributed by atoms with Gasteiger partial charge < -0.3 is 15.1 Å². The summed E-state index contributed by atoms with van der Waals surface area (Å²) in [4.78, 5) is 6.90. The van der Waals surface area contributed by atoms with E-state index in [9.17, 15) is 0 Å². The van der Waals surface area contributed by atoms with Crippen LogP contribution in [0.15, 0.2) is 28.7 Å². The third kappa shape index (κ3) is 1.91. The summed E-state index contributed by atoms with van der Waals surface area (Å²) >= 11 is 0. The quantitative estimate of drug-likeness (QED) is 0.852. The summed E-state index contributed by atoms with van der Waals surface area (Å²) in [5.74, 6) is 1.49. The lowest BCUT2D eigenvalue weighted by atomic mass is 9.79. The van der Waals surface area contributed by atoms with Crippen LogP contribution in [0.4, 0.5) is 6.01 Å². The fraction of sp³-hybridized carbons (Fsp3) is 0.533. The van der Waals surface area contributed by atoms with E-state index in [0.717, 1.165) is 48.5 Å². The molecule has 4 heteroatoms. The van der Waals surface area contributed by atoms with Crippen LogP contribution in [0.5, 0.6) is 0 Å². The van der Waals surface area contributed by atoms with Gasteiger partial charge in [-0.05, 0) is 43.2 Å². The number of rotatable bonds is 1. The Morgan fingerprint density at radius 3 is 2.89 bits per heavy atom. The van der Waals surface area contributed by atoms with Crippen LogP contribution >= 0.6 is 0 Å². The highest BCUT2D eigenvalue weighted by Crippen LogP contribution is 2.38. The van der Waals surface area contributed by atoms with Gasteiger partial charge in [-0.15, -0.1) is 0 Å². The van der Waals surface area contributed by atoms with E-state index in [0.29, 0.717) is 6.04 Å². The molecule has 1 saturated carbocycles. The number of nitrogens with two attached hydrogens (primary N) is 1. The minimum atomic E-state index is 0.393. The van der Waals surface area contributed by atoms with Crippen molar-refractivity contribution in [1.29, 1.82) is 0 Å². The lowest BCUT2D eigenvalue weighted by molar-refractivity contribution is 0.271. The predicted molar refractivity (Wildman–Crippen MR) is 75.0 cm³/mol. The highest BCUT2D eigenvalue weighted by atomic mass is 16.4. The Bertz CT molecular complexity index is 561. The first kappa shape index (κ1) is 11.3. The topological polar surface area (TPSA) is 55.3 Å². The molecule has 2 fully saturated rings. The molecule has 1 unspecified atom stereocenters. The Morgan fingerprint density at radius 1 is 1.16 bits per heavy atom. The van der Waals surface area contributed by atoms with Gasteiger partial charge in [0.05, 0.1) is 0 Å². The van der Waals surface area contributed by atoms with Crippen LogP contribution in [-0.2, 0) is 0 Å². The Labute approximate surface area is 112 Å². The van der Waals surface area contributed by atoms with Crippen molar-refractivity contribution in [2.75, 3.05) is 18.0 Å². The highest BCUT2D eigenvalue weighted by Gasteiger charge is 2.38. The minimum absolute atomic E-state index is 0.393. The number of nitrogens with zero attached hydrogens (tertiary/aromatic N) is 2. The predicted octanol–water partition coefficient (Wildman–Crippen LogP) is 2.39. The number of aromatic nitrogens is 1. The van der Waals surface area contributed by atoms with Crippen LogP contribution in [0.2, 0.25) is 0 Å². The normalized spacial score (nSPS) is 30.8. The van der Waals surface area contributed by atoms with Crippen molar-refractivity contribution in [3.63, 3.8) is 0 Å². The summed E-state index contributed by atoms with van der Waals surface area (Å²) in [6, 6.07) is 9.14. The fourth-order valence-electron chi connectivity index (χ4n) is 3.62. The molecule has 0 amide bonds. The van der Waals surface area contributed by atoms with Crippen LogP contribution in [0.3, 0.4) is 0 Å². The zero-order valence-corrected chi connectivity index (χ0v) is 11.0. The molecule has 0 spiro atoms. The molecule has 1 aliphatic heterocycles. The second-order valence-electron chi connectivity index (χ2n) is 5.96. The molecule has 0 radical (unpaired) electrons. The molecule has 1 aromatic carbocycles. The van der Waals surface area contributed by atoms with Gasteiger partial charge in [0.1, 0.15) is 5.52 Å². The Balaban J connectivity index is 1.60. The number of benzene rings is 1. The van der Waals surface area contributed by atoms with Crippen molar-refractivity contribution < 1.29 is 4.42 Å². The molecule has 3 atom stereocenters. The summed E-state index contributed by atoms with van der Waals surface area (Å²) in [7, 11) is 0. The van der Waals surface area contributed by atoms with Gasteiger partial charge in [-0.3, -0.25) is 0 Å². The van der Waals surface area contributed by atoms with Gasteiger partial charge in [-0.25, -0.2) is 0 Å². The average Bonchev–Trinajstić information content (AvgIpc) is 3.00. The lowest BCUT2D eigenvalue weighted by Crippen LogP contribution is -2.32. The molecule has 0 bridgehead atoms. The zero-order chi connectivity index (χ0) is 12.8. The second-order valence-corrected chi connectivity index (χ2v) is 5.96. The number of fused-ring (bicyclic) bond motifs is 2. The number of oxazole rings is 1. The SMILES string of the molecule is NC1CC[C@@H]2CN(c3nc4ccccc4o3)C[C@@H]2C1. The average molecular weight is 257 g/mol. The van der Waals surface area contributed by atoms with Crippen LogP contribution in [-0.4, -0.2) is 24.1 Å². The van der Waals surface area contributed by atoms with E-state index in [-0.39, 0.29) is 0 Å². The van der Waals surface area contributed by atoms with E-state index in [1.54, 1.807) is 0 Å². The van der Waals surface area contributed by atoms with Crippen LogP contribution in [0.25, 0.3) is 11.1 Å². The molecule has 1 saturated heterocycles. The Kier molecular flexibility index (Phi) is 2.52. The minimum Gasteiger partial charge on any atom is -0.423 e. The standard InChI is InChI=1S/C15H19N3O/c16-12-6-5-10-8-18(9-11(10)7-12)15-17-13-3-1-2-4-14(13)19-15/h1-4,10-12H,5-9,16H2/t10-,11+,12?/m1/s1.